The van der Waals surface area contributed by atoms with E-state index in [1.165, 1.54) is 17.5 Å². The number of ether oxygens (including phenoxy) is 3. The van der Waals surface area contributed by atoms with Crippen LogP contribution >= 0.6 is 0 Å². The van der Waals surface area contributed by atoms with Gasteiger partial charge < -0.3 is 18.8 Å². The molecule has 0 amide bonds. The van der Waals surface area contributed by atoms with Gasteiger partial charge >= 0.3 is 0 Å². The number of methoxy groups -OCH3 is 1. The van der Waals surface area contributed by atoms with Crippen molar-refractivity contribution in [1.29, 1.82) is 0 Å². The van der Waals surface area contributed by atoms with Crippen molar-refractivity contribution >= 4 is 20.9 Å². The molecule has 2 aromatic heterocycles. The van der Waals surface area contributed by atoms with E-state index < -0.39 is 21.7 Å². The first-order chi connectivity index (χ1) is 17.8. The third kappa shape index (κ3) is 5.02. The van der Waals surface area contributed by atoms with E-state index in [2.05, 4.69) is 4.98 Å². The Labute approximate surface area is 213 Å². The van der Waals surface area contributed by atoms with Gasteiger partial charge in [0.2, 0.25) is 15.9 Å². The minimum absolute atomic E-state index is 0.157. The van der Waals surface area contributed by atoms with Crippen molar-refractivity contribution in [3.63, 3.8) is 0 Å². The van der Waals surface area contributed by atoms with Gasteiger partial charge in [-0.3, -0.25) is 0 Å². The van der Waals surface area contributed by atoms with E-state index >= 15 is 0 Å². The molecule has 11 heteroatoms. The maximum Gasteiger partial charge on any atom is 0.238 e. The zero-order valence-electron chi connectivity index (χ0n) is 20.3. The van der Waals surface area contributed by atoms with E-state index in [9.17, 15) is 17.2 Å². The highest BCUT2D eigenvalue weighted by molar-refractivity contribution is 7.88. The zero-order valence-corrected chi connectivity index (χ0v) is 21.1. The van der Waals surface area contributed by atoms with Crippen LogP contribution in [-0.2, 0) is 27.6 Å². The molecule has 0 aliphatic carbocycles. The second-order valence-electron chi connectivity index (χ2n) is 8.65. The van der Waals surface area contributed by atoms with E-state index in [1.54, 1.807) is 24.4 Å². The van der Waals surface area contributed by atoms with Crippen molar-refractivity contribution in [2.75, 3.05) is 33.4 Å². The number of hydrogen-bond acceptors (Lipinski definition) is 6. The lowest BCUT2D eigenvalue weighted by Crippen LogP contribution is -2.41. The quantitative estimate of drug-likeness (QED) is 0.351. The number of sulfonamides is 1. The molecule has 3 heterocycles. The summed E-state index contributed by atoms with van der Waals surface area (Å²) in [4.78, 5) is 4.27. The molecule has 0 spiro atoms. The van der Waals surface area contributed by atoms with Gasteiger partial charge in [-0.15, -0.1) is 0 Å². The second kappa shape index (κ2) is 10.1. The van der Waals surface area contributed by atoms with E-state index in [1.807, 2.05) is 23.9 Å². The average Bonchev–Trinajstić information content (AvgIpc) is 3.23. The number of aromatic nitrogens is 2. The molecule has 0 saturated carbocycles. The molecule has 0 radical (unpaired) electrons. The van der Waals surface area contributed by atoms with Crippen LogP contribution in [0.1, 0.15) is 5.56 Å². The smallest absolute Gasteiger partial charge is 0.238 e. The molecular formula is C26H25F2N3O5S. The first-order valence-electron chi connectivity index (χ1n) is 11.6. The van der Waals surface area contributed by atoms with Gasteiger partial charge in [0.05, 0.1) is 26.1 Å². The number of morpholine rings is 1. The lowest BCUT2D eigenvalue weighted by Gasteiger charge is -2.26. The molecule has 0 atom stereocenters. The summed E-state index contributed by atoms with van der Waals surface area (Å²) in [6.07, 6.45) is 3.45. The van der Waals surface area contributed by atoms with Gasteiger partial charge in [-0.25, -0.2) is 22.2 Å². The monoisotopic (exact) mass is 529 g/mol. The van der Waals surface area contributed by atoms with Crippen molar-refractivity contribution < 1.29 is 31.4 Å². The van der Waals surface area contributed by atoms with Crippen molar-refractivity contribution in [3.05, 3.63) is 72.1 Å². The van der Waals surface area contributed by atoms with Crippen LogP contribution in [0.4, 0.5) is 8.78 Å². The van der Waals surface area contributed by atoms with Crippen LogP contribution in [0.5, 0.6) is 17.4 Å². The number of hydrogen-bond donors (Lipinski definition) is 0. The van der Waals surface area contributed by atoms with Gasteiger partial charge in [0.25, 0.3) is 0 Å². The number of pyridine rings is 1. The number of fused-ring (bicyclic) bond motifs is 1. The van der Waals surface area contributed by atoms with Crippen LogP contribution in [0.25, 0.3) is 22.0 Å². The third-order valence-electron chi connectivity index (χ3n) is 6.21. The van der Waals surface area contributed by atoms with Crippen molar-refractivity contribution in [3.8, 4) is 28.5 Å². The van der Waals surface area contributed by atoms with Crippen molar-refractivity contribution in [2.24, 2.45) is 7.05 Å². The van der Waals surface area contributed by atoms with Crippen LogP contribution in [0, 0.1) is 11.6 Å². The van der Waals surface area contributed by atoms with E-state index in [0.29, 0.717) is 48.9 Å². The van der Waals surface area contributed by atoms with Gasteiger partial charge in [-0.05, 0) is 35.9 Å². The second-order valence-corrected chi connectivity index (χ2v) is 10.6. The van der Waals surface area contributed by atoms with Crippen LogP contribution < -0.4 is 9.47 Å². The number of aryl methyl sites for hydroxylation is 1. The van der Waals surface area contributed by atoms with Crippen LogP contribution in [-0.4, -0.2) is 55.7 Å². The molecule has 0 N–H and O–H groups in total. The molecule has 4 aromatic rings. The number of benzene rings is 2. The summed E-state index contributed by atoms with van der Waals surface area (Å²) in [6.45, 7) is 1.31. The van der Waals surface area contributed by atoms with Crippen molar-refractivity contribution in [2.45, 2.75) is 5.75 Å². The SMILES string of the molecule is COc1nccc2c(-c3cc(CS(=O)(=O)N4CCOCC4)ccc3Oc3ccc(F)cc3F)cn(C)c12. The van der Waals surface area contributed by atoms with Gasteiger partial charge in [0.15, 0.2) is 11.6 Å². The molecule has 1 saturated heterocycles. The summed E-state index contributed by atoms with van der Waals surface area (Å²) in [5.74, 6) is -1.25. The summed E-state index contributed by atoms with van der Waals surface area (Å²) < 4.78 is 73.9. The van der Waals surface area contributed by atoms with E-state index in [-0.39, 0.29) is 17.3 Å². The first-order valence-corrected chi connectivity index (χ1v) is 13.2. The molecular weight excluding hydrogens is 504 g/mol. The minimum atomic E-state index is -3.59. The molecule has 37 heavy (non-hydrogen) atoms. The van der Waals surface area contributed by atoms with Crippen molar-refractivity contribution in [1.82, 2.24) is 13.9 Å². The first kappa shape index (κ1) is 25.1. The number of nitrogens with zero attached hydrogens (tertiary/aromatic N) is 3. The molecule has 8 nitrogen and oxygen atoms in total. The molecule has 0 unspecified atom stereocenters. The van der Waals surface area contributed by atoms with Crippen LogP contribution in [0.3, 0.4) is 0 Å². The van der Waals surface area contributed by atoms with Gasteiger partial charge in [0.1, 0.15) is 17.1 Å². The standard InChI is InChI=1S/C26H25F2N3O5S/c1-30-15-21(19-7-8-29-26(34-2)25(19)30)20-13-17(16-37(32,33)31-9-11-35-12-10-31)3-5-23(20)36-24-6-4-18(27)14-22(24)28/h3-8,13-15H,9-12,16H2,1-2H3. The van der Waals surface area contributed by atoms with Crippen LogP contribution in [0.15, 0.2) is 54.9 Å². The zero-order chi connectivity index (χ0) is 26.2. The Balaban J connectivity index is 1.62. The van der Waals surface area contributed by atoms with Crippen LogP contribution in [0.2, 0.25) is 0 Å². The Hall–Kier alpha value is -3.54. The maximum atomic E-state index is 14.4. The summed E-state index contributed by atoms with van der Waals surface area (Å²) in [7, 11) is -0.229. The average molecular weight is 530 g/mol. The summed E-state index contributed by atoms with van der Waals surface area (Å²) in [5, 5.41) is 0.784. The highest BCUT2D eigenvalue weighted by Crippen LogP contribution is 2.41. The maximum absolute atomic E-state index is 14.4. The fraction of sp³-hybridized carbons (Fsp3) is 0.269. The Morgan fingerprint density at radius 2 is 1.78 bits per heavy atom. The Bertz CT molecular complexity index is 1570. The molecule has 1 aliphatic rings. The summed E-state index contributed by atoms with van der Waals surface area (Å²) in [6, 6.07) is 9.82. The Morgan fingerprint density at radius 3 is 2.51 bits per heavy atom. The molecule has 5 rings (SSSR count). The molecule has 2 aromatic carbocycles. The van der Waals surface area contributed by atoms with Gasteiger partial charge in [0, 0.05) is 55.1 Å². The number of rotatable bonds is 7. The highest BCUT2D eigenvalue weighted by Gasteiger charge is 2.26. The summed E-state index contributed by atoms with van der Waals surface area (Å²) in [5.41, 5.74) is 2.51. The van der Waals surface area contributed by atoms with Gasteiger partial charge in [-0.1, -0.05) is 6.07 Å². The molecule has 194 valence electrons. The number of halogens is 2. The Morgan fingerprint density at radius 1 is 1.03 bits per heavy atom. The van der Waals surface area contributed by atoms with E-state index in [0.717, 1.165) is 23.0 Å². The molecule has 1 aliphatic heterocycles. The fourth-order valence-corrected chi connectivity index (χ4v) is 5.94. The predicted molar refractivity (Wildman–Crippen MR) is 134 cm³/mol. The molecule has 1 fully saturated rings. The Kier molecular flexibility index (Phi) is 6.84. The van der Waals surface area contributed by atoms with Gasteiger partial charge in [-0.2, -0.15) is 4.31 Å². The minimum Gasteiger partial charge on any atom is -0.479 e. The fourth-order valence-electron chi connectivity index (χ4n) is 4.45. The normalized spacial score (nSPS) is 14.7. The largest absolute Gasteiger partial charge is 0.479 e. The highest BCUT2D eigenvalue weighted by atomic mass is 32.2. The molecule has 0 bridgehead atoms. The lowest BCUT2D eigenvalue weighted by atomic mass is 10.0. The lowest BCUT2D eigenvalue weighted by molar-refractivity contribution is 0.0729. The topological polar surface area (TPSA) is 82.9 Å². The van der Waals surface area contributed by atoms with E-state index in [4.69, 9.17) is 14.2 Å². The third-order valence-corrected chi connectivity index (χ3v) is 8.06. The summed E-state index contributed by atoms with van der Waals surface area (Å²) >= 11 is 0. The predicted octanol–water partition coefficient (Wildman–Crippen LogP) is 4.48.